The monoisotopic (exact) mass is 250 g/mol. The molecule has 1 aromatic rings. The lowest BCUT2D eigenvalue weighted by Crippen LogP contribution is -2.52. The minimum atomic E-state index is -0.722. The molecule has 0 spiro atoms. The third kappa shape index (κ3) is 3.47. The van der Waals surface area contributed by atoms with E-state index in [1.807, 2.05) is 25.1 Å². The number of ether oxygens (including phenoxy) is 1. The van der Waals surface area contributed by atoms with Crippen molar-refractivity contribution in [1.82, 2.24) is 5.32 Å². The highest BCUT2D eigenvalue weighted by molar-refractivity contribution is 5.84. The largest absolute Gasteiger partial charge is 0.494 e. The van der Waals surface area contributed by atoms with E-state index in [1.54, 1.807) is 14.0 Å². The van der Waals surface area contributed by atoms with Crippen molar-refractivity contribution in [2.45, 2.75) is 32.7 Å². The first-order valence-corrected chi connectivity index (χ1v) is 6.08. The van der Waals surface area contributed by atoms with E-state index in [9.17, 15) is 4.79 Å². The summed E-state index contributed by atoms with van der Waals surface area (Å²) in [5, 5.41) is 2.93. The van der Waals surface area contributed by atoms with Gasteiger partial charge in [0.25, 0.3) is 0 Å². The lowest BCUT2D eigenvalue weighted by molar-refractivity contribution is -0.124. The molecular weight excluding hydrogens is 228 g/mol. The molecule has 0 aromatic heterocycles. The first kappa shape index (κ1) is 14.5. The molecule has 100 valence electrons. The van der Waals surface area contributed by atoms with E-state index >= 15 is 0 Å². The van der Waals surface area contributed by atoms with Gasteiger partial charge in [0, 0.05) is 6.42 Å². The Bertz CT molecular complexity index is 432. The number of hydrogen-bond acceptors (Lipinski definition) is 3. The number of amides is 1. The predicted octanol–water partition coefficient (Wildman–Crippen LogP) is 1.54. The van der Waals surface area contributed by atoms with Crippen LogP contribution >= 0.6 is 0 Å². The smallest absolute Gasteiger partial charge is 0.237 e. The molecule has 0 saturated carbocycles. The number of carbonyl (C=O) groups excluding carboxylic acids is 1. The Balaban J connectivity index is 2.56. The summed E-state index contributed by atoms with van der Waals surface area (Å²) in [6.45, 7) is 6.33. The van der Waals surface area contributed by atoms with Crippen molar-refractivity contribution in [3.05, 3.63) is 29.3 Å². The zero-order chi connectivity index (χ0) is 13.8. The van der Waals surface area contributed by atoms with Gasteiger partial charge in [-0.1, -0.05) is 6.07 Å². The fourth-order valence-electron chi connectivity index (χ4n) is 1.55. The number of nitrogens with two attached hydrogens (primary N) is 1. The molecule has 18 heavy (non-hydrogen) atoms. The standard InChI is InChI=1S/C14H22N2O2/c1-10-5-6-12(9-11(10)2)18-8-7-14(3,16-4)13(15)17/h5-6,9,16H,7-8H2,1-4H3,(H2,15,17). The average Bonchev–Trinajstić information content (AvgIpc) is 2.33. The third-order valence-electron chi connectivity index (χ3n) is 3.44. The molecule has 1 amide bonds. The quantitative estimate of drug-likeness (QED) is 0.805. The number of likely N-dealkylation sites (N-methyl/N-ethyl adjacent to an activating group) is 1. The van der Waals surface area contributed by atoms with Crippen molar-refractivity contribution in [3.63, 3.8) is 0 Å². The normalized spacial score (nSPS) is 14.0. The summed E-state index contributed by atoms with van der Waals surface area (Å²) in [6.07, 6.45) is 0.533. The van der Waals surface area contributed by atoms with Crippen LogP contribution in [0, 0.1) is 13.8 Å². The second-order valence-electron chi connectivity index (χ2n) is 4.79. The maximum absolute atomic E-state index is 11.3. The number of hydrogen-bond donors (Lipinski definition) is 2. The number of aryl methyl sites for hydroxylation is 2. The number of primary amides is 1. The van der Waals surface area contributed by atoms with Crippen LogP contribution in [-0.4, -0.2) is 25.1 Å². The van der Waals surface area contributed by atoms with Crippen molar-refractivity contribution in [2.75, 3.05) is 13.7 Å². The zero-order valence-corrected chi connectivity index (χ0v) is 11.5. The van der Waals surface area contributed by atoms with E-state index in [1.165, 1.54) is 11.1 Å². The molecule has 1 atom stereocenters. The Hall–Kier alpha value is -1.55. The van der Waals surface area contributed by atoms with E-state index in [-0.39, 0.29) is 5.91 Å². The summed E-state index contributed by atoms with van der Waals surface area (Å²) in [7, 11) is 1.72. The van der Waals surface area contributed by atoms with Crippen LogP contribution in [0.1, 0.15) is 24.5 Å². The van der Waals surface area contributed by atoms with Gasteiger partial charge in [-0.15, -0.1) is 0 Å². The fourth-order valence-corrected chi connectivity index (χ4v) is 1.55. The van der Waals surface area contributed by atoms with Crippen LogP contribution in [-0.2, 0) is 4.79 Å². The molecule has 1 unspecified atom stereocenters. The number of carbonyl (C=O) groups is 1. The highest BCUT2D eigenvalue weighted by Gasteiger charge is 2.28. The molecule has 3 N–H and O–H groups in total. The van der Waals surface area contributed by atoms with Gasteiger partial charge in [-0.3, -0.25) is 4.79 Å². The first-order chi connectivity index (χ1) is 8.39. The molecule has 1 aromatic carbocycles. The van der Waals surface area contributed by atoms with Gasteiger partial charge in [0.1, 0.15) is 5.75 Å². The number of rotatable bonds is 6. The van der Waals surface area contributed by atoms with Crippen LogP contribution in [0.4, 0.5) is 0 Å². The molecule has 4 nitrogen and oxygen atoms in total. The molecule has 0 saturated heterocycles. The molecular formula is C14H22N2O2. The number of nitrogens with one attached hydrogen (secondary N) is 1. The van der Waals surface area contributed by atoms with E-state index in [2.05, 4.69) is 12.2 Å². The zero-order valence-electron chi connectivity index (χ0n) is 11.5. The average molecular weight is 250 g/mol. The lowest BCUT2D eigenvalue weighted by Gasteiger charge is -2.25. The fraction of sp³-hybridized carbons (Fsp3) is 0.500. The van der Waals surface area contributed by atoms with Crippen LogP contribution in [0.2, 0.25) is 0 Å². The van der Waals surface area contributed by atoms with Crippen molar-refractivity contribution < 1.29 is 9.53 Å². The van der Waals surface area contributed by atoms with Crippen molar-refractivity contribution in [1.29, 1.82) is 0 Å². The molecule has 0 radical (unpaired) electrons. The second-order valence-corrected chi connectivity index (χ2v) is 4.79. The van der Waals surface area contributed by atoms with Crippen LogP contribution in [0.15, 0.2) is 18.2 Å². The summed E-state index contributed by atoms with van der Waals surface area (Å²) < 4.78 is 5.64. The Morgan fingerprint density at radius 3 is 2.56 bits per heavy atom. The molecule has 0 heterocycles. The highest BCUT2D eigenvalue weighted by Crippen LogP contribution is 2.17. The topological polar surface area (TPSA) is 64.3 Å². The van der Waals surface area contributed by atoms with Gasteiger partial charge in [0.15, 0.2) is 0 Å². The Morgan fingerprint density at radius 2 is 2.06 bits per heavy atom. The van der Waals surface area contributed by atoms with Crippen LogP contribution in [0.5, 0.6) is 5.75 Å². The molecule has 1 rings (SSSR count). The maximum atomic E-state index is 11.3. The van der Waals surface area contributed by atoms with Gasteiger partial charge in [-0.25, -0.2) is 0 Å². The Labute approximate surface area is 109 Å². The Morgan fingerprint density at radius 1 is 1.39 bits per heavy atom. The van der Waals surface area contributed by atoms with Crippen LogP contribution < -0.4 is 15.8 Å². The SMILES string of the molecule is CNC(C)(CCOc1ccc(C)c(C)c1)C(N)=O. The molecule has 0 aliphatic carbocycles. The second kappa shape index (κ2) is 5.87. The molecule has 0 fully saturated rings. The summed E-state index contributed by atoms with van der Waals surface area (Å²) in [4.78, 5) is 11.3. The van der Waals surface area contributed by atoms with Gasteiger partial charge >= 0.3 is 0 Å². The van der Waals surface area contributed by atoms with Gasteiger partial charge in [-0.2, -0.15) is 0 Å². The minimum Gasteiger partial charge on any atom is -0.494 e. The minimum absolute atomic E-state index is 0.367. The molecule has 0 aliphatic rings. The highest BCUT2D eigenvalue weighted by atomic mass is 16.5. The predicted molar refractivity (Wildman–Crippen MR) is 72.7 cm³/mol. The summed E-state index contributed by atoms with van der Waals surface area (Å²) in [5.41, 5.74) is 7.05. The van der Waals surface area contributed by atoms with Crippen molar-refractivity contribution >= 4 is 5.91 Å². The van der Waals surface area contributed by atoms with Crippen molar-refractivity contribution in [2.24, 2.45) is 5.73 Å². The number of benzene rings is 1. The summed E-state index contributed by atoms with van der Waals surface area (Å²) in [5.74, 6) is 0.453. The summed E-state index contributed by atoms with van der Waals surface area (Å²) >= 11 is 0. The van der Waals surface area contributed by atoms with E-state index in [0.717, 1.165) is 5.75 Å². The van der Waals surface area contributed by atoms with Gasteiger partial charge in [0.05, 0.1) is 12.1 Å². The van der Waals surface area contributed by atoms with Gasteiger partial charge < -0.3 is 15.8 Å². The molecule has 0 bridgehead atoms. The summed E-state index contributed by atoms with van der Waals surface area (Å²) in [6, 6.07) is 5.95. The van der Waals surface area contributed by atoms with Crippen LogP contribution in [0.25, 0.3) is 0 Å². The van der Waals surface area contributed by atoms with Gasteiger partial charge in [-0.05, 0) is 51.1 Å². The van der Waals surface area contributed by atoms with E-state index in [0.29, 0.717) is 13.0 Å². The molecule has 0 aliphatic heterocycles. The van der Waals surface area contributed by atoms with E-state index < -0.39 is 5.54 Å². The third-order valence-corrected chi connectivity index (χ3v) is 3.44. The van der Waals surface area contributed by atoms with Gasteiger partial charge in [0.2, 0.25) is 5.91 Å². The Kier molecular flexibility index (Phi) is 4.73. The lowest BCUT2D eigenvalue weighted by atomic mass is 9.98. The van der Waals surface area contributed by atoms with E-state index in [4.69, 9.17) is 10.5 Å². The first-order valence-electron chi connectivity index (χ1n) is 6.08. The van der Waals surface area contributed by atoms with Crippen molar-refractivity contribution in [3.8, 4) is 5.75 Å². The maximum Gasteiger partial charge on any atom is 0.237 e. The van der Waals surface area contributed by atoms with Crippen LogP contribution in [0.3, 0.4) is 0 Å². The molecule has 4 heteroatoms.